The van der Waals surface area contributed by atoms with Gasteiger partial charge in [0.1, 0.15) is 5.82 Å². The van der Waals surface area contributed by atoms with Crippen molar-refractivity contribution in [2.75, 3.05) is 5.73 Å². The molecule has 0 unspecified atom stereocenters. The molecule has 2 aromatic rings. The number of aromatic nitrogens is 2. The number of nitrogens with two attached hydrogens (primary N) is 1. The molecule has 1 aromatic carbocycles. The van der Waals surface area contributed by atoms with E-state index in [2.05, 4.69) is 35.9 Å². The van der Waals surface area contributed by atoms with Gasteiger partial charge in [-0.2, -0.15) is 0 Å². The zero-order valence-electron chi connectivity index (χ0n) is 11.0. The fraction of sp³-hybridized carbons (Fsp3) is 0.333. The molecule has 0 fully saturated rings. The molecule has 3 heteroatoms. The molecule has 0 bridgehead atoms. The zero-order chi connectivity index (χ0) is 13.0. The summed E-state index contributed by atoms with van der Waals surface area (Å²) >= 11 is 0. The van der Waals surface area contributed by atoms with Crippen LogP contribution in [0.25, 0.3) is 11.4 Å². The molecule has 0 amide bonds. The summed E-state index contributed by atoms with van der Waals surface area (Å²) in [7, 11) is 0. The molecule has 2 rings (SSSR count). The van der Waals surface area contributed by atoms with E-state index in [4.69, 9.17) is 5.73 Å². The van der Waals surface area contributed by atoms with Crippen molar-refractivity contribution < 1.29 is 0 Å². The van der Waals surface area contributed by atoms with Crippen LogP contribution in [-0.2, 0) is 12.8 Å². The van der Waals surface area contributed by atoms with Crippen LogP contribution in [-0.4, -0.2) is 9.97 Å². The molecule has 0 radical (unpaired) electrons. The second kappa shape index (κ2) is 5.63. The zero-order valence-corrected chi connectivity index (χ0v) is 11.0. The normalized spacial score (nSPS) is 10.6. The monoisotopic (exact) mass is 241 g/mol. The molecule has 0 saturated carbocycles. The molecule has 0 aliphatic rings. The van der Waals surface area contributed by atoms with Gasteiger partial charge in [-0.3, -0.25) is 0 Å². The van der Waals surface area contributed by atoms with E-state index in [1.54, 1.807) is 0 Å². The third kappa shape index (κ3) is 2.67. The third-order valence-corrected chi connectivity index (χ3v) is 2.94. The van der Waals surface area contributed by atoms with Crippen LogP contribution in [0, 0.1) is 0 Å². The van der Waals surface area contributed by atoms with Gasteiger partial charge in [0, 0.05) is 17.3 Å². The number of hydrogen-bond acceptors (Lipinski definition) is 3. The van der Waals surface area contributed by atoms with E-state index in [1.165, 1.54) is 5.56 Å². The number of hydrogen-bond donors (Lipinski definition) is 1. The van der Waals surface area contributed by atoms with Crippen molar-refractivity contribution in [2.45, 2.75) is 33.1 Å². The first kappa shape index (κ1) is 12.6. The molecule has 1 aromatic heterocycles. The Morgan fingerprint density at radius 1 is 1.11 bits per heavy atom. The predicted octanol–water partition coefficient (Wildman–Crippen LogP) is 3.24. The molecule has 18 heavy (non-hydrogen) atoms. The average molecular weight is 241 g/mol. The lowest BCUT2D eigenvalue weighted by atomic mass is 10.0. The maximum atomic E-state index is 5.87. The Morgan fingerprint density at radius 2 is 1.89 bits per heavy atom. The van der Waals surface area contributed by atoms with Gasteiger partial charge in [0.15, 0.2) is 5.82 Å². The smallest absolute Gasteiger partial charge is 0.162 e. The molecule has 94 valence electrons. The van der Waals surface area contributed by atoms with E-state index in [-0.39, 0.29) is 0 Å². The van der Waals surface area contributed by atoms with Crippen LogP contribution in [0.15, 0.2) is 30.3 Å². The van der Waals surface area contributed by atoms with Crippen molar-refractivity contribution in [2.24, 2.45) is 0 Å². The van der Waals surface area contributed by atoms with Crippen LogP contribution >= 0.6 is 0 Å². The van der Waals surface area contributed by atoms with Crippen molar-refractivity contribution in [3.63, 3.8) is 0 Å². The molecule has 0 aliphatic heterocycles. The summed E-state index contributed by atoms with van der Waals surface area (Å²) in [5.41, 5.74) is 9.23. The Balaban J connectivity index is 2.49. The van der Waals surface area contributed by atoms with E-state index in [9.17, 15) is 0 Å². The first-order valence-corrected chi connectivity index (χ1v) is 6.46. The lowest BCUT2D eigenvalue weighted by Gasteiger charge is -2.08. The van der Waals surface area contributed by atoms with Crippen molar-refractivity contribution in [3.05, 3.63) is 41.6 Å². The second-order valence-corrected chi connectivity index (χ2v) is 4.37. The maximum absolute atomic E-state index is 5.87. The fourth-order valence-corrected chi connectivity index (χ4v) is 2.07. The summed E-state index contributed by atoms with van der Waals surface area (Å²) in [5, 5.41) is 0. The Bertz CT molecular complexity index is 535. The van der Waals surface area contributed by atoms with Crippen LogP contribution in [0.2, 0.25) is 0 Å². The summed E-state index contributed by atoms with van der Waals surface area (Å²) in [6.45, 7) is 4.27. The SMILES string of the molecule is CCCc1cc(N)nc(-c2ccccc2CC)n1. The van der Waals surface area contributed by atoms with Crippen LogP contribution in [0.3, 0.4) is 0 Å². The summed E-state index contributed by atoms with van der Waals surface area (Å²) in [5.74, 6) is 1.30. The summed E-state index contributed by atoms with van der Waals surface area (Å²) < 4.78 is 0. The molecule has 3 nitrogen and oxygen atoms in total. The highest BCUT2D eigenvalue weighted by Gasteiger charge is 2.08. The van der Waals surface area contributed by atoms with Gasteiger partial charge in [0.05, 0.1) is 0 Å². The first-order valence-electron chi connectivity index (χ1n) is 6.46. The highest BCUT2D eigenvalue weighted by molar-refractivity contribution is 5.61. The quantitative estimate of drug-likeness (QED) is 0.894. The minimum absolute atomic E-state index is 0.550. The topological polar surface area (TPSA) is 51.8 Å². The first-order chi connectivity index (χ1) is 8.74. The second-order valence-electron chi connectivity index (χ2n) is 4.37. The Labute approximate surface area is 108 Å². The van der Waals surface area contributed by atoms with Crippen molar-refractivity contribution in [1.82, 2.24) is 9.97 Å². The van der Waals surface area contributed by atoms with E-state index in [0.29, 0.717) is 5.82 Å². The Hall–Kier alpha value is -1.90. The summed E-state index contributed by atoms with van der Waals surface area (Å²) in [6, 6.07) is 10.1. The summed E-state index contributed by atoms with van der Waals surface area (Å²) in [6.07, 6.45) is 2.97. The molecule has 1 heterocycles. The molecule has 0 atom stereocenters. The molecule has 0 saturated heterocycles. The van der Waals surface area contributed by atoms with Gasteiger partial charge < -0.3 is 5.73 Å². The number of anilines is 1. The number of nitrogens with zero attached hydrogens (tertiary/aromatic N) is 2. The average Bonchev–Trinajstić information content (AvgIpc) is 2.38. The maximum Gasteiger partial charge on any atom is 0.162 e. The minimum atomic E-state index is 0.550. The van der Waals surface area contributed by atoms with Gasteiger partial charge in [-0.05, 0) is 18.4 Å². The van der Waals surface area contributed by atoms with Crippen molar-refractivity contribution in [1.29, 1.82) is 0 Å². The van der Waals surface area contributed by atoms with E-state index >= 15 is 0 Å². The lowest BCUT2D eigenvalue weighted by Crippen LogP contribution is -2.01. The Morgan fingerprint density at radius 3 is 2.61 bits per heavy atom. The highest BCUT2D eigenvalue weighted by Crippen LogP contribution is 2.22. The van der Waals surface area contributed by atoms with Crippen LogP contribution in [0.4, 0.5) is 5.82 Å². The van der Waals surface area contributed by atoms with Gasteiger partial charge in [0.2, 0.25) is 0 Å². The minimum Gasteiger partial charge on any atom is -0.384 e. The summed E-state index contributed by atoms with van der Waals surface area (Å²) in [4.78, 5) is 8.97. The molecule has 0 aliphatic carbocycles. The number of rotatable bonds is 4. The van der Waals surface area contributed by atoms with Crippen LogP contribution in [0.5, 0.6) is 0 Å². The highest BCUT2D eigenvalue weighted by atomic mass is 14.9. The molecule has 2 N–H and O–H groups in total. The number of benzene rings is 1. The van der Waals surface area contributed by atoms with Gasteiger partial charge in [-0.1, -0.05) is 44.5 Å². The van der Waals surface area contributed by atoms with E-state index < -0.39 is 0 Å². The van der Waals surface area contributed by atoms with Gasteiger partial charge in [0.25, 0.3) is 0 Å². The predicted molar refractivity (Wildman–Crippen MR) is 75.3 cm³/mol. The van der Waals surface area contributed by atoms with Crippen molar-refractivity contribution in [3.8, 4) is 11.4 Å². The van der Waals surface area contributed by atoms with E-state index in [1.807, 2.05) is 18.2 Å². The number of nitrogen functional groups attached to an aromatic ring is 1. The Kier molecular flexibility index (Phi) is 3.92. The largest absolute Gasteiger partial charge is 0.384 e. The number of aryl methyl sites for hydroxylation is 2. The molecule has 0 spiro atoms. The lowest BCUT2D eigenvalue weighted by molar-refractivity contribution is 0.876. The van der Waals surface area contributed by atoms with Crippen molar-refractivity contribution >= 4 is 5.82 Å². The van der Waals surface area contributed by atoms with E-state index in [0.717, 1.165) is 36.3 Å². The third-order valence-electron chi connectivity index (χ3n) is 2.94. The van der Waals surface area contributed by atoms with Gasteiger partial charge in [-0.15, -0.1) is 0 Å². The fourth-order valence-electron chi connectivity index (χ4n) is 2.07. The van der Waals surface area contributed by atoms with Gasteiger partial charge in [-0.25, -0.2) is 9.97 Å². The molecular weight excluding hydrogens is 222 g/mol. The van der Waals surface area contributed by atoms with Gasteiger partial charge >= 0.3 is 0 Å². The van der Waals surface area contributed by atoms with Crippen LogP contribution in [0.1, 0.15) is 31.5 Å². The van der Waals surface area contributed by atoms with Crippen LogP contribution < -0.4 is 5.73 Å². The standard InChI is InChI=1S/C15H19N3/c1-3-7-12-10-14(16)18-15(17-12)13-9-6-5-8-11(13)4-2/h5-6,8-10H,3-4,7H2,1-2H3,(H2,16,17,18). The molecular formula is C15H19N3.